The summed E-state index contributed by atoms with van der Waals surface area (Å²) in [6.07, 6.45) is 4.14. The summed E-state index contributed by atoms with van der Waals surface area (Å²) in [5.41, 5.74) is 2.33. The van der Waals surface area contributed by atoms with Crippen molar-refractivity contribution in [3.8, 4) is 0 Å². The molecule has 4 heteroatoms. The first-order valence-electron chi connectivity index (χ1n) is 6.33. The van der Waals surface area contributed by atoms with Gasteiger partial charge in [-0.05, 0) is 0 Å². The van der Waals surface area contributed by atoms with E-state index in [2.05, 4.69) is 55.2 Å². The molecule has 18 heavy (non-hydrogen) atoms. The zero-order chi connectivity index (χ0) is 12.8. The second kappa shape index (κ2) is 6.18. The van der Waals surface area contributed by atoms with Gasteiger partial charge in [0, 0.05) is 0 Å². The molecule has 94 valence electrons. The van der Waals surface area contributed by atoms with Gasteiger partial charge in [0.15, 0.2) is 0 Å². The van der Waals surface area contributed by atoms with Gasteiger partial charge < -0.3 is 9.31 Å². The van der Waals surface area contributed by atoms with Crippen molar-refractivity contribution in [2.24, 2.45) is 0 Å². The Morgan fingerprint density at radius 1 is 1.06 bits per heavy atom. The minimum Gasteiger partial charge on any atom is -0.405 e. The lowest BCUT2D eigenvalue weighted by Crippen LogP contribution is -2.39. The van der Waals surface area contributed by atoms with Gasteiger partial charge in [-0.1, -0.05) is 72.4 Å². The van der Waals surface area contributed by atoms with Gasteiger partial charge in [-0.25, -0.2) is 0 Å². The monoisotopic (exact) mass is 258 g/mol. The molecule has 1 aliphatic heterocycles. The molecule has 0 amide bonds. The maximum absolute atomic E-state index is 5.34. The Balaban J connectivity index is 1.95. The zero-order valence-electron chi connectivity index (χ0n) is 11.0. The Morgan fingerprint density at radius 2 is 1.72 bits per heavy atom. The molecule has 1 saturated heterocycles. The number of hydrogen-bond donors (Lipinski definition) is 0. The lowest BCUT2D eigenvalue weighted by molar-refractivity contribution is 0.365. The lowest BCUT2D eigenvalue weighted by atomic mass is 9.91. The van der Waals surface area contributed by atoms with Gasteiger partial charge in [0.25, 0.3) is 0 Å². The predicted octanol–water partition coefficient (Wildman–Crippen LogP) is 2.33. The first-order chi connectivity index (χ1) is 8.68. The fourth-order valence-electron chi connectivity index (χ4n) is 1.90. The average molecular weight is 258 g/mol. The van der Waals surface area contributed by atoms with E-state index in [1.165, 1.54) is 5.19 Å². The molecular formula is C14H19BO2Si. The molecule has 0 saturated carbocycles. The van der Waals surface area contributed by atoms with Gasteiger partial charge in [0.2, 0.25) is 0 Å². The molecular weight excluding hydrogens is 239 g/mol. The first-order valence-corrected chi connectivity index (χ1v) is 9.41. The minimum atomic E-state index is -1.47. The third-order valence-electron chi connectivity index (χ3n) is 3.06. The number of hydrogen-bond acceptors (Lipinski definition) is 2. The van der Waals surface area contributed by atoms with E-state index in [1.807, 2.05) is 12.1 Å². The van der Waals surface area contributed by atoms with Crippen LogP contribution in [0.4, 0.5) is 0 Å². The van der Waals surface area contributed by atoms with Gasteiger partial charge >= 0.3 is 7.12 Å². The summed E-state index contributed by atoms with van der Waals surface area (Å²) in [6, 6.07) is 10.7. The first kappa shape index (κ1) is 13.3. The van der Waals surface area contributed by atoms with E-state index >= 15 is 0 Å². The zero-order valence-corrected chi connectivity index (χ0v) is 12.0. The Labute approximate surface area is 110 Å². The molecule has 1 aromatic rings. The van der Waals surface area contributed by atoms with E-state index in [0.717, 1.165) is 0 Å². The van der Waals surface area contributed by atoms with E-state index in [1.54, 1.807) is 0 Å². The van der Waals surface area contributed by atoms with Crippen LogP contribution in [0, 0.1) is 0 Å². The van der Waals surface area contributed by atoms with Crippen LogP contribution in [-0.4, -0.2) is 28.4 Å². The molecule has 2 rings (SSSR count). The Kier molecular flexibility index (Phi) is 4.58. The highest BCUT2D eigenvalue weighted by atomic mass is 28.3. The number of rotatable bonds is 4. The molecule has 0 spiro atoms. The largest absolute Gasteiger partial charge is 0.486 e. The summed E-state index contributed by atoms with van der Waals surface area (Å²) >= 11 is 0. The van der Waals surface area contributed by atoms with Crippen LogP contribution in [0.15, 0.2) is 54.2 Å². The second-order valence-corrected chi connectivity index (χ2v) is 9.30. The fourth-order valence-corrected chi connectivity index (χ4v) is 3.74. The molecule has 2 nitrogen and oxygen atoms in total. The summed E-state index contributed by atoms with van der Waals surface area (Å²) in [7, 11) is -1.63. The Bertz CT molecular complexity index is 423. The van der Waals surface area contributed by atoms with Crippen molar-refractivity contribution in [1.82, 2.24) is 0 Å². The molecule has 1 heterocycles. The molecule has 1 aromatic carbocycles. The SMILES string of the molecule is C[Si](C)(/C=C/C=C/B1OCCO1)c1ccccc1. The van der Waals surface area contributed by atoms with Crippen molar-refractivity contribution in [3.05, 3.63) is 54.2 Å². The Morgan fingerprint density at radius 3 is 2.39 bits per heavy atom. The second-order valence-electron chi connectivity index (χ2n) is 4.94. The molecule has 0 radical (unpaired) electrons. The van der Waals surface area contributed by atoms with Gasteiger partial charge in [0.1, 0.15) is 8.07 Å². The van der Waals surface area contributed by atoms with E-state index in [0.29, 0.717) is 13.2 Å². The molecule has 0 unspecified atom stereocenters. The summed E-state index contributed by atoms with van der Waals surface area (Å²) in [6.45, 7) is 6.08. The van der Waals surface area contributed by atoms with Crippen molar-refractivity contribution in [2.45, 2.75) is 13.1 Å². The van der Waals surface area contributed by atoms with Crippen molar-refractivity contribution in [2.75, 3.05) is 13.2 Å². The summed E-state index contributed by atoms with van der Waals surface area (Å²) < 4.78 is 10.7. The average Bonchev–Trinajstić information content (AvgIpc) is 2.89. The van der Waals surface area contributed by atoms with Gasteiger partial charge in [-0.3, -0.25) is 0 Å². The highest BCUT2D eigenvalue weighted by Gasteiger charge is 2.20. The van der Waals surface area contributed by atoms with Crippen LogP contribution in [0.25, 0.3) is 0 Å². The summed E-state index contributed by atoms with van der Waals surface area (Å²) in [4.78, 5) is 0. The van der Waals surface area contributed by atoms with Gasteiger partial charge in [-0.15, -0.1) is 0 Å². The van der Waals surface area contributed by atoms with Crippen LogP contribution in [0.5, 0.6) is 0 Å². The molecule has 1 aliphatic rings. The third-order valence-corrected chi connectivity index (χ3v) is 5.90. The van der Waals surface area contributed by atoms with E-state index in [4.69, 9.17) is 9.31 Å². The normalized spacial score (nSPS) is 17.1. The van der Waals surface area contributed by atoms with Crippen molar-refractivity contribution < 1.29 is 9.31 Å². The van der Waals surface area contributed by atoms with Crippen LogP contribution >= 0.6 is 0 Å². The minimum absolute atomic E-state index is 0.156. The Hall–Kier alpha value is -1.10. The third kappa shape index (κ3) is 3.70. The fraction of sp³-hybridized carbons (Fsp3) is 0.286. The van der Waals surface area contributed by atoms with Crippen LogP contribution in [0.1, 0.15) is 0 Å². The number of allylic oxidation sites excluding steroid dienone is 2. The molecule has 1 fully saturated rings. The predicted molar refractivity (Wildman–Crippen MR) is 79.5 cm³/mol. The molecule has 0 N–H and O–H groups in total. The van der Waals surface area contributed by atoms with E-state index in [-0.39, 0.29) is 7.12 Å². The molecule has 0 atom stereocenters. The maximum Gasteiger partial charge on any atom is 0.486 e. The topological polar surface area (TPSA) is 18.5 Å². The van der Waals surface area contributed by atoms with Crippen LogP contribution in [-0.2, 0) is 9.31 Å². The lowest BCUT2D eigenvalue weighted by Gasteiger charge is -2.17. The maximum atomic E-state index is 5.34. The van der Waals surface area contributed by atoms with Gasteiger partial charge in [-0.2, -0.15) is 0 Å². The number of benzene rings is 1. The quantitative estimate of drug-likeness (QED) is 0.609. The van der Waals surface area contributed by atoms with Crippen LogP contribution in [0.3, 0.4) is 0 Å². The molecule has 0 aromatic heterocycles. The van der Waals surface area contributed by atoms with E-state index in [9.17, 15) is 0 Å². The van der Waals surface area contributed by atoms with E-state index < -0.39 is 8.07 Å². The van der Waals surface area contributed by atoms with Crippen molar-refractivity contribution >= 4 is 20.4 Å². The summed E-state index contributed by atoms with van der Waals surface area (Å²) in [5.74, 6) is 1.96. The van der Waals surface area contributed by atoms with Crippen molar-refractivity contribution in [3.63, 3.8) is 0 Å². The highest BCUT2D eigenvalue weighted by molar-refractivity contribution is 6.93. The summed E-state index contributed by atoms with van der Waals surface area (Å²) in [5, 5.41) is 1.45. The standard InChI is InChI=1S/C14H19BO2Si/c1-18(2,14-8-4-3-5-9-14)13-7-6-10-15-16-11-12-17-15/h3-10,13H,11-12H2,1-2H3/b10-6+,13-7+. The van der Waals surface area contributed by atoms with Crippen molar-refractivity contribution in [1.29, 1.82) is 0 Å². The van der Waals surface area contributed by atoms with Gasteiger partial charge in [0.05, 0.1) is 13.2 Å². The van der Waals surface area contributed by atoms with Crippen LogP contribution in [0.2, 0.25) is 13.1 Å². The molecule has 0 bridgehead atoms. The molecule has 0 aliphatic carbocycles. The van der Waals surface area contributed by atoms with Crippen LogP contribution < -0.4 is 5.19 Å². The smallest absolute Gasteiger partial charge is 0.405 e. The highest BCUT2D eigenvalue weighted by Crippen LogP contribution is 2.06.